The summed E-state index contributed by atoms with van der Waals surface area (Å²) >= 11 is 12.1. The first-order valence-electron chi connectivity index (χ1n) is 8.43. The van der Waals surface area contributed by atoms with Crippen molar-refractivity contribution in [2.75, 3.05) is 0 Å². The number of thiocarbonyl (C=S) groups is 1. The Kier molecular flexibility index (Phi) is 4.81. The van der Waals surface area contributed by atoms with Crippen LogP contribution < -0.4 is 11.1 Å². The van der Waals surface area contributed by atoms with Gasteiger partial charge in [-0.15, -0.1) is 0 Å². The number of fused-ring (bicyclic) bond motifs is 1. The normalized spacial score (nSPS) is 23.1. The summed E-state index contributed by atoms with van der Waals surface area (Å²) in [5.74, 6) is -2.05. The van der Waals surface area contributed by atoms with Gasteiger partial charge >= 0.3 is 0 Å². The maximum atomic E-state index is 13.6. The number of nitrogens with zero attached hydrogens (tertiary/aromatic N) is 2. The number of halogens is 2. The highest BCUT2D eigenvalue weighted by Gasteiger charge is 2.66. The summed E-state index contributed by atoms with van der Waals surface area (Å²) in [5.41, 5.74) is 5.56. The monoisotopic (exact) mass is 530 g/mol. The third-order valence-electron chi connectivity index (χ3n) is 5.10. The van der Waals surface area contributed by atoms with E-state index in [9.17, 15) is 14.9 Å². The number of nitrogens with one attached hydrogen (secondary N) is 1. The van der Waals surface area contributed by atoms with Gasteiger partial charge in [-0.25, -0.2) is 0 Å². The van der Waals surface area contributed by atoms with Crippen LogP contribution in [0.15, 0.2) is 68.9 Å². The standard InChI is InChI=1S/C20H12Br2N4O2S/c21-12-5-1-3-10(7-12)16(27)15-14(9-23)17(24)26-19(29)25-18(28)20(15,26)11-4-2-6-13(22)8-11/h1-8,15H,24H2,(H,25,28,29). The fourth-order valence-corrected chi connectivity index (χ4v) is 5.08. The van der Waals surface area contributed by atoms with Gasteiger partial charge < -0.3 is 11.1 Å². The molecule has 4 rings (SSSR count). The molecule has 0 saturated carbocycles. The van der Waals surface area contributed by atoms with Crippen LogP contribution in [0.2, 0.25) is 0 Å². The van der Waals surface area contributed by atoms with Gasteiger partial charge in [0.05, 0.1) is 17.6 Å². The summed E-state index contributed by atoms with van der Waals surface area (Å²) in [6, 6.07) is 15.8. The van der Waals surface area contributed by atoms with E-state index in [2.05, 4.69) is 37.2 Å². The van der Waals surface area contributed by atoms with Gasteiger partial charge in [0.15, 0.2) is 16.4 Å². The molecular weight excluding hydrogens is 520 g/mol. The molecule has 1 saturated heterocycles. The summed E-state index contributed by atoms with van der Waals surface area (Å²) in [4.78, 5) is 28.4. The number of ketones is 1. The smallest absolute Gasteiger partial charge is 0.258 e. The Morgan fingerprint density at radius 2 is 1.86 bits per heavy atom. The van der Waals surface area contributed by atoms with Crippen molar-refractivity contribution in [3.63, 3.8) is 0 Å². The fraction of sp³-hybridized carbons (Fsp3) is 0.100. The highest BCUT2D eigenvalue weighted by Crippen LogP contribution is 2.51. The quantitative estimate of drug-likeness (QED) is 0.465. The van der Waals surface area contributed by atoms with E-state index in [1.807, 2.05) is 6.07 Å². The lowest BCUT2D eigenvalue weighted by molar-refractivity contribution is -0.127. The second kappa shape index (κ2) is 7.06. The van der Waals surface area contributed by atoms with Crippen LogP contribution in [0, 0.1) is 17.2 Å². The van der Waals surface area contributed by atoms with Crippen molar-refractivity contribution < 1.29 is 9.59 Å². The minimum Gasteiger partial charge on any atom is -0.384 e. The van der Waals surface area contributed by atoms with Gasteiger partial charge in [-0.3, -0.25) is 14.5 Å². The molecule has 2 aliphatic heterocycles. The zero-order chi connectivity index (χ0) is 20.9. The third-order valence-corrected chi connectivity index (χ3v) is 6.37. The van der Waals surface area contributed by atoms with Crippen molar-refractivity contribution in [3.05, 3.63) is 80.0 Å². The molecule has 2 unspecified atom stereocenters. The summed E-state index contributed by atoms with van der Waals surface area (Å²) in [6.45, 7) is 0. The molecule has 1 amide bonds. The number of nitriles is 1. The lowest BCUT2D eigenvalue weighted by Crippen LogP contribution is -2.51. The first-order valence-corrected chi connectivity index (χ1v) is 10.4. The van der Waals surface area contributed by atoms with Gasteiger partial charge in [0.25, 0.3) is 5.91 Å². The Bertz CT molecular complexity index is 1170. The zero-order valence-corrected chi connectivity index (χ0v) is 18.6. The molecule has 1 fully saturated rings. The molecule has 144 valence electrons. The highest BCUT2D eigenvalue weighted by atomic mass is 79.9. The fourth-order valence-electron chi connectivity index (χ4n) is 3.95. The van der Waals surface area contributed by atoms with Gasteiger partial charge in [0, 0.05) is 14.5 Å². The van der Waals surface area contributed by atoms with E-state index in [0.29, 0.717) is 20.1 Å². The molecule has 3 N–H and O–H groups in total. The van der Waals surface area contributed by atoms with E-state index >= 15 is 0 Å². The SMILES string of the molecule is N#CC1=C(N)N2C(=S)NC(=O)C2(c2cccc(Br)c2)C1C(=O)c1cccc(Br)c1. The molecule has 2 atom stereocenters. The molecule has 0 aliphatic carbocycles. The van der Waals surface area contributed by atoms with Gasteiger partial charge in [0.2, 0.25) is 0 Å². The molecule has 0 bridgehead atoms. The average molecular weight is 532 g/mol. The van der Waals surface area contributed by atoms with Crippen LogP contribution in [0.4, 0.5) is 0 Å². The molecule has 9 heteroatoms. The van der Waals surface area contributed by atoms with E-state index < -0.39 is 23.1 Å². The lowest BCUT2D eigenvalue weighted by atomic mass is 9.72. The number of rotatable bonds is 3. The predicted octanol–water partition coefficient (Wildman–Crippen LogP) is 3.33. The second-order valence-corrected chi connectivity index (χ2v) is 8.81. The minimum absolute atomic E-state index is 0.00386. The van der Waals surface area contributed by atoms with Crippen LogP contribution in [0.1, 0.15) is 15.9 Å². The summed E-state index contributed by atoms with van der Waals surface area (Å²) in [5, 5.41) is 12.5. The van der Waals surface area contributed by atoms with Crippen LogP contribution in [-0.2, 0) is 10.3 Å². The van der Waals surface area contributed by atoms with Crippen molar-refractivity contribution in [2.45, 2.75) is 5.54 Å². The van der Waals surface area contributed by atoms with Crippen molar-refractivity contribution in [3.8, 4) is 6.07 Å². The van der Waals surface area contributed by atoms with Gasteiger partial charge in [-0.2, -0.15) is 5.26 Å². The van der Waals surface area contributed by atoms with Crippen LogP contribution in [0.25, 0.3) is 0 Å². The topological polar surface area (TPSA) is 99.2 Å². The highest BCUT2D eigenvalue weighted by molar-refractivity contribution is 9.10. The maximum Gasteiger partial charge on any atom is 0.258 e. The van der Waals surface area contributed by atoms with Crippen LogP contribution >= 0.6 is 44.1 Å². The van der Waals surface area contributed by atoms with Gasteiger partial charge in [-0.1, -0.05) is 56.1 Å². The average Bonchev–Trinajstić information content (AvgIpc) is 3.11. The Morgan fingerprint density at radius 1 is 1.21 bits per heavy atom. The number of hydrogen-bond acceptors (Lipinski definition) is 5. The number of nitrogens with two attached hydrogens (primary N) is 1. The van der Waals surface area contributed by atoms with E-state index in [-0.39, 0.29) is 16.5 Å². The summed E-state index contributed by atoms with van der Waals surface area (Å²) in [6.07, 6.45) is 0. The first kappa shape index (κ1) is 19.8. The third kappa shape index (κ3) is 2.74. The number of amides is 1. The number of hydrogen-bond donors (Lipinski definition) is 2. The number of carbonyl (C=O) groups is 2. The zero-order valence-electron chi connectivity index (χ0n) is 14.6. The van der Waals surface area contributed by atoms with E-state index in [0.717, 1.165) is 0 Å². The van der Waals surface area contributed by atoms with Crippen LogP contribution in [0.3, 0.4) is 0 Å². The Balaban J connectivity index is 2.02. The predicted molar refractivity (Wildman–Crippen MR) is 117 cm³/mol. The second-order valence-electron chi connectivity index (χ2n) is 6.59. The molecule has 6 nitrogen and oxygen atoms in total. The van der Waals surface area contributed by atoms with E-state index in [1.165, 1.54) is 4.90 Å². The molecule has 29 heavy (non-hydrogen) atoms. The van der Waals surface area contributed by atoms with Gasteiger partial charge in [0.1, 0.15) is 5.82 Å². The van der Waals surface area contributed by atoms with E-state index in [1.54, 1.807) is 48.5 Å². The minimum atomic E-state index is -1.57. The van der Waals surface area contributed by atoms with Crippen molar-refractivity contribution in [1.82, 2.24) is 10.2 Å². The Labute approximate surface area is 188 Å². The molecule has 0 spiro atoms. The summed E-state index contributed by atoms with van der Waals surface area (Å²) < 4.78 is 1.42. The maximum absolute atomic E-state index is 13.6. The summed E-state index contributed by atoms with van der Waals surface area (Å²) in [7, 11) is 0. The van der Waals surface area contributed by atoms with Crippen molar-refractivity contribution in [2.24, 2.45) is 11.7 Å². The molecule has 0 aromatic heterocycles. The molecule has 2 heterocycles. The van der Waals surface area contributed by atoms with Crippen LogP contribution in [0.5, 0.6) is 0 Å². The number of benzene rings is 2. The largest absolute Gasteiger partial charge is 0.384 e. The van der Waals surface area contributed by atoms with E-state index in [4.69, 9.17) is 18.0 Å². The Morgan fingerprint density at radius 3 is 2.48 bits per heavy atom. The van der Waals surface area contributed by atoms with Crippen molar-refractivity contribution in [1.29, 1.82) is 5.26 Å². The molecule has 2 aliphatic rings. The molecular formula is C20H12Br2N4O2S. The van der Waals surface area contributed by atoms with Crippen molar-refractivity contribution >= 4 is 60.9 Å². The molecule has 2 aromatic rings. The number of carbonyl (C=O) groups excluding carboxylic acids is 2. The molecule has 0 radical (unpaired) electrons. The molecule has 2 aromatic carbocycles. The number of Topliss-reactive ketones (excluding diaryl/α,β-unsaturated/α-hetero) is 1. The Hall–Kier alpha value is -2.54. The first-order chi connectivity index (χ1) is 13.8. The van der Waals surface area contributed by atoms with Gasteiger partial charge in [-0.05, 0) is 42.0 Å². The van der Waals surface area contributed by atoms with Crippen LogP contribution in [-0.4, -0.2) is 21.7 Å². The lowest BCUT2D eigenvalue weighted by Gasteiger charge is -2.35.